The highest BCUT2D eigenvalue weighted by molar-refractivity contribution is 5.89. The monoisotopic (exact) mass is 391 g/mol. The van der Waals surface area contributed by atoms with Crippen molar-refractivity contribution in [2.24, 2.45) is 5.92 Å². The SMILES string of the molecule is C[C@@H]1CN(C(=O)O)[C@@H](C)CN1C(C(=O)NNC(=N)C1CC1)c1ccc(F)cc1. The summed E-state index contributed by atoms with van der Waals surface area (Å²) < 4.78 is 13.4. The van der Waals surface area contributed by atoms with Gasteiger partial charge in [0.2, 0.25) is 0 Å². The molecule has 1 aliphatic heterocycles. The third-order valence-corrected chi connectivity index (χ3v) is 5.35. The average Bonchev–Trinajstić information content (AvgIpc) is 3.49. The quantitative estimate of drug-likeness (QED) is 0.356. The van der Waals surface area contributed by atoms with Crippen molar-refractivity contribution < 1.29 is 19.1 Å². The van der Waals surface area contributed by atoms with Gasteiger partial charge in [-0.2, -0.15) is 0 Å². The molecular formula is C19H26FN5O3. The van der Waals surface area contributed by atoms with Crippen LogP contribution in [0.5, 0.6) is 0 Å². The van der Waals surface area contributed by atoms with Crippen molar-refractivity contribution in [2.45, 2.75) is 44.8 Å². The lowest BCUT2D eigenvalue weighted by atomic mass is 9.99. The molecule has 0 radical (unpaired) electrons. The first-order valence-corrected chi connectivity index (χ1v) is 9.43. The van der Waals surface area contributed by atoms with E-state index in [9.17, 15) is 19.1 Å². The zero-order valence-corrected chi connectivity index (χ0v) is 16.0. The standard InChI is InChI=1S/C19H26FN5O3/c1-11-10-25(19(27)28)12(2)9-24(11)16(13-5-7-15(20)8-6-13)18(26)23-22-17(21)14-3-4-14/h5-8,11-12,14,16H,3-4,9-10H2,1-2H3,(H2,21,22)(H,23,26)(H,27,28)/t11-,12+,16?/m1/s1. The molecule has 1 saturated heterocycles. The predicted octanol–water partition coefficient (Wildman–Crippen LogP) is 1.95. The Labute approximate surface area is 163 Å². The minimum Gasteiger partial charge on any atom is -0.465 e. The molecule has 2 fully saturated rings. The largest absolute Gasteiger partial charge is 0.465 e. The van der Waals surface area contributed by atoms with Crippen LogP contribution in [0.1, 0.15) is 38.3 Å². The lowest BCUT2D eigenvalue weighted by Crippen LogP contribution is -2.60. The number of hydrogen-bond donors (Lipinski definition) is 4. The van der Waals surface area contributed by atoms with Crippen molar-refractivity contribution >= 4 is 17.8 Å². The number of amides is 2. The fourth-order valence-electron chi connectivity index (χ4n) is 3.59. The maximum absolute atomic E-state index is 13.4. The van der Waals surface area contributed by atoms with Crippen LogP contribution in [0.2, 0.25) is 0 Å². The molecule has 1 aliphatic carbocycles. The van der Waals surface area contributed by atoms with E-state index >= 15 is 0 Å². The number of hydrazine groups is 1. The summed E-state index contributed by atoms with van der Waals surface area (Å²) in [5.74, 6) is -0.306. The molecule has 0 aromatic heterocycles. The van der Waals surface area contributed by atoms with Gasteiger partial charge in [-0.1, -0.05) is 12.1 Å². The van der Waals surface area contributed by atoms with Crippen LogP contribution in [-0.4, -0.2) is 57.9 Å². The number of nitrogens with zero attached hydrogens (tertiary/aromatic N) is 2. The number of hydrogen-bond acceptors (Lipinski definition) is 4. The van der Waals surface area contributed by atoms with Crippen LogP contribution in [0.25, 0.3) is 0 Å². The van der Waals surface area contributed by atoms with Crippen LogP contribution >= 0.6 is 0 Å². The van der Waals surface area contributed by atoms with Crippen molar-refractivity contribution in [3.05, 3.63) is 35.6 Å². The second-order valence-corrected chi connectivity index (χ2v) is 7.59. The molecule has 4 N–H and O–H groups in total. The van der Waals surface area contributed by atoms with Crippen molar-refractivity contribution in [1.29, 1.82) is 5.41 Å². The first-order valence-electron chi connectivity index (χ1n) is 9.43. The predicted molar refractivity (Wildman–Crippen MR) is 101 cm³/mol. The normalized spacial score (nSPS) is 23.8. The molecule has 0 bridgehead atoms. The average molecular weight is 391 g/mol. The Kier molecular flexibility index (Phi) is 5.83. The molecule has 1 aromatic rings. The Morgan fingerprint density at radius 3 is 2.36 bits per heavy atom. The number of benzene rings is 1. The molecule has 2 aliphatic rings. The number of carboxylic acid groups (broad SMARTS) is 1. The van der Waals surface area contributed by atoms with E-state index in [-0.39, 0.29) is 36.3 Å². The minimum absolute atomic E-state index is 0.169. The summed E-state index contributed by atoms with van der Waals surface area (Å²) in [5.41, 5.74) is 5.89. The molecule has 28 heavy (non-hydrogen) atoms. The van der Waals surface area contributed by atoms with Gasteiger partial charge in [-0.05, 0) is 44.4 Å². The van der Waals surface area contributed by atoms with Crippen LogP contribution in [0.15, 0.2) is 24.3 Å². The van der Waals surface area contributed by atoms with Gasteiger partial charge in [0.25, 0.3) is 5.91 Å². The van der Waals surface area contributed by atoms with E-state index in [1.807, 2.05) is 11.8 Å². The molecular weight excluding hydrogens is 365 g/mol. The number of carbonyl (C=O) groups is 2. The van der Waals surface area contributed by atoms with E-state index in [1.54, 1.807) is 19.1 Å². The molecule has 0 spiro atoms. The van der Waals surface area contributed by atoms with Gasteiger partial charge >= 0.3 is 6.09 Å². The van der Waals surface area contributed by atoms with Crippen molar-refractivity contribution in [3.8, 4) is 0 Å². The summed E-state index contributed by atoms with van der Waals surface area (Å²) in [6, 6.07) is 4.50. The molecule has 8 nitrogen and oxygen atoms in total. The van der Waals surface area contributed by atoms with Gasteiger partial charge in [0.05, 0.1) is 0 Å². The maximum Gasteiger partial charge on any atom is 0.407 e. The van der Waals surface area contributed by atoms with Gasteiger partial charge in [0, 0.05) is 31.1 Å². The first kappa shape index (κ1) is 20.1. The Morgan fingerprint density at radius 2 is 1.79 bits per heavy atom. The molecule has 152 valence electrons. The summed E-state index contributed by atoms with van der Waals surface area (Å²) in [5, 5.41) is 17.3. The Balaban J connectivity index is 1.81. The highest BCUT2D eigenvalue weighted by Gasteiger charge is 2.39. The summed E-state index contributed by atoms with van der Waals surface area (Å²) in [6.45, 7) is 4.30. The van der Waals surface area contributed by atoms with E-state index in [0.29, 0.717) is 12.1 Å². The second kappa shape index (κ2) is 8.14. The summed E-state index contributed by atoms with van der Waals surface area (Å²) in [7, 11) is 0. The lowest BCUT2D eigenvalue weighted by molar-refractivity contribution is -0.129. The molecule has 1 aromatic carbocycles. The Bertz CT molecular complexity index is 752. The number of piperazine rings is 1. The fourth-order valence-corrected chi connectivity index (χ4v) is 3.59. The molecule has 1 unspecified atom stereocenters. The molecule has 1 heterocycles. The molecule has 3 atom stereocenters. The number of amidine groups is 1. The van der Waals surface area contributed by atoms with Crippen LogP contribution in [0.3, 0.4) is 0 Å². The zero-order valence-electron chi connectivity index (χ0n) is 16.0. The van der Waals surface area contributed by atoms with E-state index in [4.69, 9.17) is 5.41 Å². The van der Waals surface area contributed by atoms with E-state index < -0.39 is 18.0 Å². The van der Waals surface area contributed by atoms with Crippen LogP contribution in [0.4, 0.5) is 9.18 Å². The van der Waals surface area contributed by atoms with Crippen molar-refractivity contribution in [2.75, 3.05) is 13.1 Å². The topological polar surface area (TPSA) is 109 Å². The van der Waals surface area contributed by atoms with Crippen molar-refractivity contribution in [1.82, 2.24) is 20.7 Å². The highest BCUT2D eigenvalue weighted by Crippen LogP contribution is 2.30. The van der Waals surface area contributed by atoms with E-state index in [2.05, 4.69) is 10.9 Å². The zero-order chi connectivity index (χ0) is 20.4. The smallest absolute Gasteiger partial charge is 0.407 e. The van der Waals surface area contributed by atoms with Gasteiger partial charge in [-0.25, -0.2) is 9.18 Å². The number of nitrogens with one attached hydrogen (secondary N) is 3. The van der Waals surface area contributed by atoms with Crippen LogP contribution < -0.4 is 10.9 Å². The fraction of sp³-hybridized carbons (Fsp3) is 0.526. The summed E-state index contributed by atoms with van der Waals surface area (Å²) in [6.07, 6.45) is 0.894. The number of rotatable bonds is 4. The summed E-state index contributed by atoms with van der Waals surface area (Å²) >= 11 is 0. The highest BCUT2D eigenvalue weighted by atomic mass is 19.1. The van der Waals surface area contributed by atoms with Crippen LogP contribution in [-0.2, 0) is 4.79 Å². The van der Waals surface area contributed by atoms with Gasteiger partial charge in [0.15, 0.2) is 0 Å². The third kappa shape index (κ3) is 4.41. The Hall–Kier alpha value is -2.68. The van der Waals surface area contributed by atoms with Gasteiger partial charge in [0.1, 0.15) is 17.7 Å². The van der Waals surface area contributed by atoms with Crippen LogP contribution in [0, 0.1) is 17.1 Å². The maximum atomic E-state index is 13.4. The Morgan fingerprint density at radius 1 is 1.14 bits per heavy atom. The summed E-state index contributed by atoms with van der Waals surface area (Å²) in [4.78, 5) is 27.7. The lowest BCUT2D eigenvalue weighted by Gasteiger charge is -2.45. The number of halogens is 1. The third-order valence-electron chi connectivity index (χ3n) is 5.35. The molecule has 9 heteroatoms. The van der Waals surface area contributed by atoms with Gasteiger partial charge in [-0.15, -0.1) is 0 Å². The van der Waals surface area contributed by atoms with Gasteiger partial charge < -0.3 is 10.0 Å². The molecule has 2 amide bonds. The number of carbonyl (C=O) groups excluding carboxylic acids is 1. The van der Waals surface area contributed by atoms with Crippen molar-refractivity contribution in [3.63, 3.8) is 0 Å². The van der Waals surface area contributed by atoms with Gasteiger partial charge in [-0.3, -0.25) is 26.0 Å². The molecule has 3 rings (SSSR count). The molecule has 1 saturated carbocycles. The second-order valence-electron chi connectivity index (χ2n) is 7.59. The van der Waals surface area contributed by atoms with E-state index in [1.165, 1.54) is 17.0 Å². The van der Waals surface area contributed by atoms with E-state index in [0.717, 1.165) is 12.8 Å². The minimum atomic E-state index is -0.985. The first-order chi connectivity index (χ1) is 13.3.